The van der Waals surface area contributed by atoms with Crippen molar-refractivity contribution < 1.29 is 0 Å². The number of nitrogens with one attached hydrogen (secondary N) is 1. The lowest BCUT2D eigenvalue weighted by atomic mass is 10.3. The van der Waals surface area contributed by atoms with Crippen LogP contribution < -0.4 is 10.2 Å². The first kappa shape index (κ1) is 11.2. The van der Waals surface area contributed by atoms with Crippen molar-refractivity contribution in [1.29, 1.82) is 0 Å². The Labute approximate surface area is 99.4 Å². The van der Waals surface area contributed by atoms with E-state index < -0.39 is 0 Å². The van der Waals surface area contributed by atoms with Crippen LogP contribution in [0.2, 0.25) is 0 Å². The molecular weight excluding hydrogens is 218 g/mol. The summed E-state index contributed by atoms with van der Waals surface area (Å²) in [6.07, 6.45) is 1.08. The lowest BCUT2D eigenvalue weighted by Crippen LogP contribution is -2.24. The molecule has 86 valence electrons. The molecule has 3 nitrogen and oxygen atoms in total. The predicted octanol–water partition coefficient (Wildman–Crippen LogP) is 2.44. The topological polar surface area (TPSA) is 29.3 Å². The Kier molecular flexibility index (Phi) is 3.29. The van der Waals surface area contributed by atoms with Crippen molar-refractivity contribution in [2.24, 2.45) is 12.1 Å². The van der Waals surface area contributed by atoms with Gasteiger partial charge in [-0.3, -0.25) is 0 Å². The fourth-order valence-corrected chi connectivity index (χ4v) is 2.43. The standard InChI is InChI=1S/C12H17N3S/c1-4-9(2)13-14-12-15(3)10-7-5-6-8-11(10)16-12/h5-9,13H,4H2,1-3H3. The highest BCUT2D eigenvalue weighted by Crippen LogP contribution is 2.14. The number of fused-ring (bicyclic) bond motifs is 1. The summed E-state index contributed by atoms with van der Waals surface area (Å²) in [6, 6.07) is 8.78. The average Bonchev–Trinajstić information content (AvgIpc) is 2.64. The van der Waals surface area contributed by atoms with E-state index in [1.807, 2.05) is 0 Å². The first-order chi connectivity index (χ1) is 7.72. The monoisotopic (exact) mass is 235 g/mol. The van der Waals surface area contributed by atoms with E-state index in [1.165, 1.54) is 10.2 Å². The minimum Gasteiger partial charge on any atom is -0.318 e. The summed E-state index contributed by atoms with van der Waals surface area (Å²) in [6.45, 7) is 4.29. The van der Waals surface area contributed by atoms with Gasteiger partial charge >= 0.3 is 0 Å². The molecular formula is C12H17N3S. The van der Waals surface area contributed by atoms with Gasteiger partial charge in [0.1, 0.15) is 0 Å². The first-order valence-corrected chi connectivity index (χ1v) is 6.38. The highest BCUT2D eigenvalue weighted by atomic mass is 32.1. The summed E-state index contributed by atoms with van der Waals surface area (Å²) >= 11 is 1.71. The molecule has 1 aromatic carbocycles. The average molecular weight is 235 g/mol. The number of rotatable bonds is 3. The first-order valence-electron chi connectivity index (χ1n) is 5.56. The van der Waals surface area contributed by atoms with E-state index >= 15 is 0 Å². The van der Waals surface area contributed by atoms with Gasteiger partial charge in [0.05, 0.1) is 10.2 Å². The van der Waals surface area contributed by atoms with E-state index in [0.29, 0.717) is 6.04 Å². The Hall–Kier alpha value is -1.29. The molecule has 0 bridgehead atoms. The van der Waals surface area contributed by atoms with Crippen LogP contribution in [0.25, 0.3) is 10.2 Å². The van der Waals surface area contributed by atoms with Crippen LogP contribution in [0, 0.1) is 0 Å². The lowest BCUT2D eigenvalue weighted by molar-refractivity contribution is 0.542. The van der Waals surface area contributed by atoms with Crippen molar-refractivity contribution in [3.63, 3.8) is 0 Å². The molecule has 0 aliphatic heterocycles. The number of nitrogens with zero attached hydrogens (tertiary/aromatic N) is 2. The number of thiazole rings is 1. The second-order valence-electron chi connectivity index (χ2n) is 3.96. The molecule has 2 aromatic rings. The summed E-state index contributed by atoms with van der Waals surface area (Å²) in [5, 5.41) is 4.45. The van der Waals surface area contributed by atoms with Gasteiger partial charge in [0.25, 0.3) is 0 Å². The van der Waals surface area contributed by atoms with Gasteiger partial charge in [-0.2, -0.15) is 5.10 Å². The van der Waals surface area contributed by atoms with Crippen molar-refractivity contribution in [3.05, 3.63) is 29.1 Å². The van der Waals surface area contributed by atoms with Crippen molar-refractivity contribution >= 4 is 21.6 Å². The van der Waals surface area contributed by atoms with Crippen LogP contribution in [-0.2, 0) is 7.05 Å². The number of benzene rings is 1. The zero-order valence-electron chi connectivity index (χ0n) is 9.90. The Morgan fingerprint density at radius 1 is 1.44 bits per heavy atom. The van der Waals surface area contributed by atoms with Crippen LogP contribution >= 0.6 is 11.3 Å². The third-order valence-corrected chi connectivity index (χ3v) is 3.82. The maximum absolute atomic E-state index is 4.45. The van der Waals surface area contributed by atoms with Gasteiger partial charge in [-0.25, -0.2) is 0 Å². The van der Waals surface area contributed by atoms with E-state index in [0.717, 1.165) is 11.2 Å². The normalized spacial score (nSPS) is 14.3. The number of hydrogen-bond acceptors (Lipinski definition) is 3. The zero-order chi connectivity index (χ0) is 11.5. The molecule has 0 saturated heterocycles. The van der Waals surface area contributed by atoms with Crippen LogP contribution in [0.4, 0.5) is 0 Å². The number of aryl methyl sites for hydroxylation is 1. The van der Waals surface area contributed by atoms with E-state index in [2.05, 4.69) is 60.3 Å². The van der Waals surface area contributed by atoms with Gasteiger partial charge in [0, 0.05) is 13.1 Å². The third-order valence-electron chi connectivity index (χ3n) is 2.71. The Morgan fingerprint density at radius 2 is 2.19 bits per heavy atom. The summed E-state index contributed by atoms with van der Waals surface area (Å²) in [5.74, 6) is 0. The van der Waals surface area contributed by atoms with Crippen molar-refractivity contribution in [2.75, 3.05) is 0 Å². The molecule has 4 heteroatoms. The van der Waals surface area contributed by atoms with E-state index in [4.69, 9.17) is 0 Å². The van der Waals surface area contributed by atoms with Crippen molar-refractivity contribution in [3.8, 4) is 0 Å². The van der Waals surface area contributed by atoms with Crippen molar-refractivity contribution in [1.82, 2.24) is 9.99 Å². The van der Waals surface area contributed by atoms with Gasteiger partial charge in [0.15, 0.2) is 0 Å². The molecule has 2 rings (SSSR count). The molecule has 0 amide bonds. The Balaban J connectivity index is 2.41. The molecule has 0 aliphatic carbocycles. The molecule has 0 fully saturated rings. The van der Waals surface area contributed by atoms with Crippen LogP contribution in [0.15, 0.2) is 29.4 Å². The van der Waals surface area contributed by atoms with Gasteiger partial charge in [0.2, 0.25) is 4.80 Å². The van der Waals surface area contributed by atoms with Gasteiger partial charge in [-0.15, -0.1) is 0 Å². The molecule has 0 saturated carbocycles. The van der Waals surface area contributed by atoms with Crippen LogP contribution in [0.3, 0.4) is 0 Å². The molecule has 16 heavy (non-hydrogen) atoms. The van der Waals surface area contributed by atoms with E-state index in [-0.39, 0.29) is 0 Å². The van der Waals surface area contributed by atoms with E-state index in [1.54, 1.807) is 11.3 Å². The highest BCUT2D eigenvalue weighted by Gasteiger charge is 2.01. The fourth-order valence-electron chi connectivity index (χ4n) is 1.44. The Morgan fingerprint density at radius 3 is 2.88 bits per heavy atom. The lowest BCUT2D eigenvalue weighted by Gasteiger charge is -2.05. The van der Waals surface area contributed by atoms with Gasteiger partial charge < -0.3 is 9.99 Å². The maximum atomic E-state index is 4.45. The van der Waals surface area contributed by atoms with Gasteiger partial charge in [-0.1, -0.05) is 30.4 Å². The quantitative estimate of drug-likeness (QED) is 0.814. The highest BCUT2D eigenvalue weighted by molar-refractivity contribution is 7.16. The zero-order valence-corrected chi connectivity index (χ0v) is 10.7. The molecule has 1 aromatic heterocycles. The number of aromatic nitrogens is 1. The number of para-hydroxylation sites is 1. The van der Waals surface area contributed by atoms with Crippen LogP contribution in [0.5, 0.6) is 0 Å². The molecule has 0 spiro atoms. The molecule has 1 N–H and O–H groups in total. The molecule has 1 unspecified atom stereocenters. The van der Waals surface area contributed by atoms with Crippen LogP contribution in [-0.4, -0.2) is 10.6 Å². The van der Waals surface area contributed by atoms with Crippen LogP contribution in [0.1, 0.15) is 20.3 Å². The van der Waals surface area contributed by atoms with E-state index in [9.17, 15) is 0 Å². The SMILES string of the molecule is CCC(C)NN=c1sc2ccccc2n1C. The predicted molar refractivity (Wildman–Crippen MR) is 69.2 cm³/mol. The fraction of sp³-hybridized carbons (Fsp3) is 0.417. The molecule has 1 atom stereocenters. The maximum Gasteiger partial charge on any atom is 0.208 e. The minimum absolute atomic E-state index is 0.421. The smallest absolute Gasteiger partial charge is 0.208 e. The minimum atomic E-state index is 0.421. The summed E-state index contributed by atoms with van der Waals surface area (Å²) in [5.41, 5.74) is 4.40. The van der Waals surface area contributed by atoms with Gasteiger partial charge in [-0.05, 0) is 25.5 Å². The second-order valence-corrected chi connectivity index (χ2v) is 4.97. The second kappa shape index (κ2) is 4.70. The summed E-state index contributed by atoms with van der Waals surface area (Å²) in [4.78, 5) is 1.02. The summed E-state index contributed by atoms with van der Waals surface area (Å²) < 4.78 is 3.39. The Bertz CT molecular complexity index is 538. The number of hydrogen-bond donors (Lipinski definition) is 1. The molecule has 0 aliphatic rings. The van der Waals surface area contributed by atoms with Crippen molar-refractivity contribution in [2.45, 2.75) is 26.3 Å². The summed E-state index contributed by atoms with van der Waals surface area (Å²) in [7, 11) is 2.05. The molecule has 1 heterocycles. The molecule has 0 radical (unpaired) electrons. The third kappa shape index (κ3) is 2.11. The largest absolute Gasteiger partial charge is 0.318 e.